The van der Waals surface area contributed by atoms with Gasteiger partial charge < -0.3 is 9.47 Å². The van der Waals surface area contributed by atoms with Crippen LogP contribution in [-0.2, 0) is 9.47 Å². The molecule has 0 aromatic heterocycles. The second-order valence-corrected chi connectivity index (χ2v) is 5.04. The average Bonchev–Trinajstić information content (AvgIpc) is 2.16. The molecule has 3 nitrogen and oxygen atoms in total. The second-order valence-electron chi connectivity index (χ2n) is 4.72. The summed E-state index contributed by atoms with van der Waals surface area (Å²) >= 11 is 4.21. The molecule has 0 atom stereocenters. The van der Waals surface area contributed by atoms with Crippen LogP contribution in [0, 0.1) is 11.3 Å². The minimum atomic E-state index is -0.350. The lowest BCUT2D eigenvalue weighted by atomic mass is 10.1. The molecule has 0 amide bonds. The highest BCUT2D eigenvalue weighted by Gasteiger charge is 2.24. The van der Waals surface area contributed by atoms with E-state index in [1.807, 2.05) is 33.8 Å². The molecule has 0 fully saturated rings. The molecule has 0 aromatic carbocycles. The third-order valence-electron chi connectivity index (χ3n) is 1.90. The van der Waals surface area contributed by atoms with E-state index in [-0.39, 0.29) is 11.2 Å². The maximum absolute atomic E-state index is 8.39. The first-order chi connectivity index (χ1) is 6.83. The predicted molar refractivity (Wildman–Crippen MR) is 64.1 cm³/mol. The Balaban J connectivity index is 3.88. The number of rotatable bonds is 7. The minimum absolute atomic E-state index is 0.237. The van der Waals surface area contributed by atoms with Crippen molar-refractivity contribution < 1.29 is 9.47 Å². The monoisotopic (exact) mass is 231 g/mol. The molecule has 0 bridgehead atoms. The number of hydrogen-bond donors (Lipinski definition) is 1. The summed E-state index contributed by atoms with van der Waals surface area (Å²) in [6.07, 6.45) is 0.416. The third-order valence-corrected chi connectivity index (χ3v) is 2.66. The van der Waals surface area contributed by atoms with Crippen molar-refractivity contribution >= 4 is 12.6 Å². The number of thiol groups is 1. The van der Waals surface area contributed by atoms with Crippen molar-refractivity contribution in [1.29, 1.82) is 5.26 Å². The fraction of sp³-hybridized carbons (Fsp3) is 0.909. The van der Waals surface area contributed by atoms with Gasteiger partial charge in [0.25, 0.3) is 0 Å². The van der Waals surface area contributed by atoms with Gasteiger partial charge in [-0.3, -0.25) is 0 Å². The van der Waals surface area contributed by atoms with Gasteiger partial charge in [-0.1, -0.05) is 0 Å². The molecule has 88 valence electrons. The van der Waals surface area contributed by atoms with Crippen LogP contribution in [0.1, 0.15) is 34.1 Å². The largest absolute Gasteiger partial charge is 0.372 e. The van der Waals surface area contributed by atoms with Crippen molar-refractivity contribution in [3.63, 3.8) is 0 Å². The quantitative estimate of drug-likeness (QED) is 0.540. The number of nitrogens with zero attached hydrogens (tertiary/aromatic N) is 1. The molecule has 0 unspecified atom stereocenters. The maximum atomic E-state index is 8.39. The van der Waals surface area contributed by atoms with Crippen LogP contribution in [0.5, 0.6) is 0 Å². The Morgan fingerprint density at radius 1 is 1.13 bits per heavy atom. The molecule has 0 saturated carbocycles. The molecule has 0 aliphatic heterocycles. The second kappa shape index (κ2) is 6.37. The zero-order valence-corrected chi connectivity index (χ0v) is 10.9. The van der Waals surface area contributed by atoms with Gasteiger partial charge in [-0.15, -0.1) is 0 Å². The van der Waals surface area contributed by atoms with Gasteiger partial charge in [-0.2, -0.15) is 17.9 Å². The van der Waals surface area contributed by atoms with E-state index in [9.17, 15) is 0 Å². The molecular weight excluding hydrogens is 210 g/mol. The molecule has 0 saturated heterocycles. The minimum Gasteiger partial charge on any atom is -0.372 e. The Kier molecular flexibility index (Phi) is 6.26. The lowest BCUT2D eigenvalue weighted by Gasteiger charge is -2.31. The number of ether oxygens (including phenoxy) is 2. The summed E-state index contributed by atoms with van der Waals surface area (Å²) in [7, 11) is 0. The van der Waals surface area contributed by atoms with E-state index in [1.54, 1.807) is 0 Å². The zero-order chi connectivity index (χ0) is 11.9. The first kappa shape index (κ1) is 14.8. The van der Waals surface area contributed by atoms with Gasteiger partial charge in [-0.25, -0.2) is 0 Å². The van der Waals surface area contributed by atoms with Crippen molar-refractivity contribution in [1.82, 2.24) is 0 Å². The average molecular weight is 231 g/mol. The fourth-order valence-electron chi connectivity index (χ4n) is 0.829. The van der Waals surface area contributed by atoms with Gasteiger partial charge in [0.15, 0.2) is 0 Å². The van der Waals surface area contributed by atoms with Gasteiger partial charge in [0.05, 0.1) is 36.9 Å². The summed E-state index contributed by atoms with van der Waals surface area (Å²) < 4.78 is 11.2. The summed E-state index contributed by atoms with van der Waals surface area (Å²) in [4.78, 5) is 0. The molecule has 0 spiro atoms. The normalized spacial score (nSPS) is 12.5. The first-order valence-corrected chi connectivity index (χ1v) is 5.72. The molecular formula is C11H21NO2S. The summed E-state index contributed by atoms with van der Waals surface area (Å²) in [5, 5.41) is 8.39. The topological polar surface area (TPSA) is 42.2 Å². The van der Waals surface area contributed by atoms with E-state index in [2.05, 4.69) is 12.6 Å². The zero-order valence-electron chi connectivity index (χ0n) is 10.0. The molecule has 0 heterocycles. The highest BCUT2D eigenvalue weighted by molar-refractivity contribution is 7.80. The van der Waals surface area contributed by atoms with Crippen LogP contribution in [0.2, 0.25) is 0 Å². The van der Waals surface area contributed by atoms with Gasteiger partial charge in [0, 0.05) is 5.75 Å². The van der Waals surface area contributed by atoms with E-state index in [0.717, 1.165) is 0 Å². The molecule has 15 heavy (non-hydrogen) atoms. The lowest BCUT2D eigenvalue weighted by Crippen LogP contribution is -2.37. The van der Waals surface area contributed by atoms with Crippen LogP contribution in [0.15, 0.2) is 0 Å². The summed E-state index contributed by atoms with van der Waals surface area (Å²) in [5.74, 6) is 0.668. The Hall–Kier alpha value is -0.240. The van der Waals surface area contributed by atoms with Crippen LogP contribution >= 0.6 is 12.6 Å². The van der Waals surface area contributed by atoms with Crippen molar-refractivity contribution in [3.05, 3.63) is 0 Å². The highest BCUT2D eigenvalue weighted by atomic mass is 32.1. The first-order valence-electron chi connectivity index (χ1n) is 5.09. The van der Waals surface area contributed by atoms with E-state index in [0.29, 0.717) is 25.4 Å². The molecule has 0 aromatic rings. The van der Waals surface area contributed by atoms with Crippen molar-refractivity contribution in [3.8, 4) is 6.07 Å². The Bertz CT molecular complexity index is 221. The van der Waals surface area contributed by atoms with Crippen LogP contribution in [0.25, 0.3) is 0 Å². The van der Waals surface area contributed by atoms with E-state index in [1.165, 1.54) is 0 Å². The highest BCUT2D eigenvalue weighted by Crippen LogP contribution is 2.17. The molecule has 4 heteroatoms. The van der Waals surface area contributed by atoms with Gasteiger partial charge in [0.1, 0.15) is 0 Å². The Morgan fingerprint density at radius 2 is 1.73 bits per heavy atom. The summed E-state index contributed by atoms with van der Waals surface area (Å²) in [6.45, 7) is 8.86. The molecule has 0 rings (SSSR count). The van der Waals surface area contributed by atoms with Crippen LogP contribution in [0.4, 0.5) is 0 Å². The van der Waals surface area contributed by atoms with Gasteiger partial charge >= 0.3 is 0 Å². The van der Waals surface area contributed by atoms with E-state index in [4.69, 9.17) is 14.7 Å². The summed E-state index contributed by atoms with van der Waals surface area (Å²) in [6, 6.07) is 2.05. The summed E-state index contributed by atoms with van der Waals surface area (Å²) in [5.41, 5.74) is -0.587. The van der Waals surface area contributed by atoms with Crippen molar-refractivity contribution in [2.24, 2.45) is 0 Å². The van der Waals surface area contributed by atoms with Crippen LogP contribution in [-0.4, -0.2) is 30.2 Å². The van der Waals surface area contributed by atoms with Crippen LogP contribution < -0.4 is 0 Å². The lowest BCUT2D eigenvalue weighted by molar-refractivity contribution is -0.111. The maximum Gasteiger partial charge on any atom is 0.0859 e. The fourth-order valence-corrected chi connectivity index (χ4v) is 0.921. The third kappa shape index (κ3) is 7.66. The van der Waals surface area contributed by atoms with Gasteiger partial charge in [0.2, 0.25) is 0 Å². The SMILES string of the molecule is CC(C)(CS)OCC(C)(C)OCCC#N. The van der Waals surface area contributed by atoms with E-state index >= 15 is 0 Å². The Morgan fingerprint density at radius 3 is 2.20 bits per heavy atom. The van der Waals surface area contributed by atoms with Gasteiger partial charge in [-0.05, 0) is 27.7 Å². The smallest absolute Gasteiger partial charge is 0.0859 e. The molecule has 0 N–H and O–H groups in total. The number of hydrogen-bond acceptors (Lipinski definition) is 4. The standard InChI is InChI=1S/C11H21NO2S/c1-10(2,13-7-5-6-12)8-14-11(3,4)9-15/h15H,5,7-9H2,1-4H3. The molecule has 0 aliphatic carbocycles. The van der Waals surface area contributed by atoms with Crippen molar-refractivity contribution in [2.75, 3.05) is 19.0 Å². The Labute approximate surface area is 98.2 Å². The van der Waals surface area contributed by atoms with E-state index < -0.39 is 0 Å². The van der Waals surface area contributed by atoms with Crippen molar-refractivity contribution in [2.45, 2.75) is 45.3 Å². The molecule has 0 aliphatic rings. The predicted octanol–water partition coefficient (Wildman–Crippen LogP) is 2.42. The number of nitriles is 1. The van der Waals surface area contributed by atoms with Crippen LogP contribution in [0.3, 0.4) is 0 Å². The molecule has 0 radical (unpaired) electrons.